The van der Waals surface area contributed by atoms with Crippen molar-refractivity contribution >= 4 is 29.7 Å². The Bertz CT molecular complexity index is 363. The van der Waals surface area contributed by atoms with E-state index in [1.54, 1.807) is 18.5 Å². The Morgan fingerprint density at radius 2 is 1.90 bits per heavy atom. The van der Waals surface area contributed by atoms with E-state index < -0.39 is 37.2 Å². The summed E-state index contributed by atoms with van der Waals surface area (Å²) in [6.45, 7) is -0.493. The third kappa shape index (κ3) is 10.5. The predicted molar refractivity (Wildman–Crippen MR) is 66.1 cm³/mol. The summed E-state index contributed by atoms with van der Waals surface area (Å²) >= 11 is 1.43. The summed E-state index contributed by atoms with van der Waals surface area (Å²) in [7, 11) is 0. The van der Waals surface area contributed by atoms with Gasteiger partial charge in [-0.05, 0) is 6.26 Å². The van der Waals surface area contributed by atoms with Gasteiger partial charge in [0.05, 0.1) is 6.42 Å². The van der Waals surface area contributed by atoms with Gasteiger partial charge in [-0.3, -0.25) is 14.9 Å². The molecule has 1 atom stereocenters. The van der Waals surface area contributed by atoms with E-state index in [9.17, 15) is 27.6 Å². The van der Waals surface area contributed by atoms with Gasteiger partial charge in [0.15, 0.2) is 6.61 Å². The molecule has 0 aliphatic carbocycles. The van der Waals surface area contributed by atoms with Crippen LogP contribution in [0.3, 0.4) is 0 Å². The summed E-state index contributed by atoms with van der Waals surface area (Å²) in [5.74, 6) is -1.63. The second-order valence-electron chi connectivity index (χ2n) is 3.76. The number of carbonyl (C=O) groups excluding carboxylic acids is 3. The molecule has 1 unspecified atom stereocenters. The first-order valence-corrected chi connectivity index (χ1v) is 6.75. The Hall–Kier alpha value is -1.45. The van der Waals surface area contributed by atoms with E-state index in [1.165, 1.54) is 17.1 Å². The SMILES string of the molecule is CSC(C)CC(=O)OCC(=O)NC(=O)NCC(F)(F)F. The highest BCUT2D eigenvalue weighted by molar-refractivity contribution is 7.99. The van der Waals surface area contributed by atoms with E-state index in [1.807, 2.05) is 0 Å². The van der Waals surface area contributed by atoms with Crippen molar-refractivity contribution in [2.45, 2.75) is 24.8 Å². The van der Waals surface area contributed by atoms with Gasteiger partial charge < -0.3 is 10.1 Å². The molecule has 0 heterocycles. The largest absolute Gasteiger partial charge is 0.456 e. The Morgan fingerprint density at radius 3 is 2.40 bits per heavy atom. The zero-order valence-electron chi connectivity index (χ0n) is 10.9. The molecule has 0 bridgehead atoms. The molecule has 116 valence electrons. The van der Waals surface area contributed by atoms with Gasteiger partial charge in [0.2, 0.25) is 0 Å². The number of hydrogen-bond acceptors (Lipinski definition) is 5. The first-order chi connectivity index (χ1) is 9.14. The second-order valence-corrected chi connectivity index (χ2v) is 5.03. The van der Waals surface area contributed by atoms with E-state index in [0.29, 0.717) is 0 Å². The topological polar surface area (TPSA) is 84.5 Å². The monoisotopic (exact) mass is 316 g/mol. The minimum atomic E-state index is -4.57. The summed E-state index contributed by atoms with van der Waals surface area (Å²) in [5.41, 5.74) is 0. The Labute approximate surface area is 117 Å². The molecule has 20 heavy (non-hydrogen) atoms. The highest BCUT2D eigenvalue weighted by Crippen LogP contribution is 2.12. The highest BCUT2D eigenvalue weighted by atomic mass is 32.2. The van der Waals surface area contributed by atoms with Crippen LogP contribution in [0.2, 0.25) is 0 Å². The Kier molecular flexibility index (Phi) is 8.04. The molecule has 0 aliphatic rings. The van der Waals surface area contributed by atoms with E-state index in [-0.39, 0.29) is 11.7 Å². The number of alkyl halides is 3. The zero-order valence-corrected chi connectivity index (χ0v) is 11.7. The minimum absolute atomic E-state index is 0.0145. The van der Waals surface area contributed by atoms with Crippen LogP contribution in [0.4, 0.5) is 18.0 Å². The standard InChI is InChI=1S/C10H15F3N2O4S/c1-6(20-2)3-8(17)19-4-7(16)15-9(18)14-5-10(11,12)13/h6H,3-5H2,1-2H3,(H2,14,15,16,18). The summed E-state index contributed by atoms with van der Waals surface area (Å²) in [4.78, 5) is 33.2. The molecule has 6 nitrogen and oxygen atoms in total. The average molecular weight is 316 g/mol. The number of halogens is 3. The lowest BCUT2D eigenvalue weighted by Gasteiger charge is -2.10. The maximum atomic E-state index is 11.8. The number of nitrogens with one attached hydrogen (secondary N) is 2. The van der Waals surface area contributed by atoms with Crippen LogP contribution < -0.4 is 10.6 Å². The van der Waals surface area contributed by atoms with Gasteiger partial charge >= 0.3 is 18.2 Å². The number of amides is 3. The summed E-state index contributed by atoms with van der Waals surface area (Å²) in [6.07, 6.45) is -2.68. The van der Waals surface area contributed by atoms with Gasteiger partial charge in [0.25, 0.3) is 5.91 Å². The van der Waals surface area contributed by atoms with Crippen molar-refractivity contribution < 1.29 is 32.3 Å². The maximum Gasteiger partial charge on any atom is 0.405 e. The number of ether oxygens (including phenoxy) is 1. The van der Waals surface area contributed by atoms with Gasteiger partial charge in [-0.15, -0.1) is 0 Å². The number of hydrogen-bond donors (Lipinski definition) is 2. The van der Waals surface area contributed by atoms with Crippen LogP contribution in [0.25, 0.3) is 0 Å². The van der Waals surface area contributed by atoms with Crippen molar-refractivity contribution in [3.8, 4) is 0 Å². The predicted octanol–water partition coefficient (Wildman–Crippen LogP) is 1.06. The first-order valence-electron chi connectivity index (χ1n) is 5.47. The fourth-order valence-corrected chi connectivity index (χ4v) is 1.21. The number of carbonyl (C=O) groups is 3. The van der Waals surface area contributed by atoms with Crippen molar-refractivity contribution in [2.75, 3.05) is 19.4 Å². The lowest BCUT2D eigenvalue weighted by molar-refractivity contribution is -0.148. The van der Waals surface area contributed by atoms with Crippen LogP contribution in [0.15, 0.2) is 0 Å². The molecule has 10 heteroatoms. The summed E-state index contributed by atoms with van der Waals surface area (Å²) < 4.78 is 39.8. The van der Waals surface area contributed by atoms with E-state index in [0.717, 1.165) is 0 Å². The highest BCUT2D eigenvalue weighted by Gasteiger charge is 2.28. The summed E-state index contributed by atoms with van der Waals surface area (Å²) in [5, 5.41) is 3.06. The van der Waals surface area contributed by atoms with Crippen molar-refractivity contribution in [2.24, 2.45) is 0 Å². The smallest absolute Gasteiger partial charge is 0.405 e. The van der Waals surface area contributed by atoms with Crippen molar-refractivity contribution in [1.29, 1.82) is 0 Å². The van der Waals surface area contributed by atoms with E-state index >= 15 is 0 Å². The fourth-order valence-electron chi connectivity index (χ4n) is 0.910. The first kappa shape index (κ1) is 18.6. The molecule has 2 N–H and O–H groups in total. The molecule has 0 fully saturated rings. The van der Waals surface area contributed by atoms with Crippen LogP contribution in [0, 0.1) is 0 Å². The van der Waals surface area contributed by atoms with E-state index in [4.69, 9.17) is 0 Å². The third-order valence-corrected chi connectivity index (χ3v) is 2.89. The Morgan fingerprint density at radius 1 is 1.30 bits per heavy atom. The van der Waals surface area contributed by atoms with Crippen molar-refractivity contribution in [3.05, 3.63) is 0 Å². The molecule has 0 aliphatic heterocycles. The molecule has 0 aromatic heterocycles. The quantitative estimate of drug-likeness (QED) is 0.716. The molecular weight excluding hydrogens is 301 g/mol. The van der Waals surface area contributed by atoms with Crippen molar-refractivity contribution in [1.82, 2.24) is 10.6 Å². The van der Waals surface area contributed by atoms with Crippen LogP contribution in [0.5, 0.6) is 0 Å². The van der Waals surface area contributed by atoms with E-state index in [2.05, 4.69) is 4.74 Å². The lowest BCUT2D eigenvalue weighted by Crippen LogP contribution is -2.44. The molecule has 3 amide bonds. The lowest BCUT2D eigenvalue weighted by atomic mass is 10.3. The number of urea groups is 1. The van der Waals surface area contributed by atoms with Crippen LogP contribution in [0.1, 0.15) is 13.3 Å². The second kappa shape index (κ2) is 8.67. The zero-order chi connectivity index (χ0) is 15.8. The van der Waals surface area contributed by atoms with Gasteiger partial charge in [0.1, 0.15) is 6.54 Å². The van der Waals surface area contributed by atoms with Crippen LogP contribution in [-0.4, -0.2) is 48.7 Å². The van der Waals surface area contributed by atoms with Gasteiger partial charge in [-0.25, -0.2) is 4.79 Å². The minimum Gasteiger partial charge on any atom is -0.456 e. The molecule has 0 aromatic carbocycles. The molecular formula is C10H15F3N2O4S. The number of esters is 1. The number of rotatable bonds is 6. The number of thioether (sulfide) groups is 1. The number of imide groups is 1. The molecule has 0 aromatic rings. The third-order valence-electron chi connectivity index (χ3n) is 1.92. The summed E-state index contributed by atoms with van der Waals surface area (Å²) in [6, 6.07) is -1.30. The Balaban J connectivity index is 3.88. The maximum absolute atomic E-state index is 11.8. The van der Waals surface area contributed by atoms with Crippen LogP contribution in [-0.2, 0) is 14.3 Å². The molecule has 0 saturated carbocycles. The molecule has 0 spiro atoms. The molecule has 0 radical (unpaired) electrons. The average Bonchev–Trinajstić information content (AvgIpc) is 2.33. The van der Waals surface area contributed by atoms with Gasteiger partial charge in [-0.2, -0.15) is 24.9 Å². The van der Waals surface area contributed by atoms with Gasteiger partial charge in [0, 0.05) is 5.25 Å². The van der Waals surface area contributed by atoms with Gasteiger partial charge in [-0.1, -0.05) is 6.92 Å². The normalized spacial score (nSPS) is 12.4. The van der Waals surface area contributed by atoms with Crippen molar-refractivity contribution in [3.63, 3.8) is 0 Å². The fraction of sp³-hybridized carbons (Fsp3) is 0.700. The van der Waals surface area contributed by atoms with Crippen LogP contribution >= 0.6 is 11.8 Å². The molecule has 0 rings (SSSR count). The molecule has 0 saturated heterocycles.